The van der Waals surface area contributed by atoms with Crippen LogP contribution in [-0.4, -0.2) is 47.8 Å². The third-order valence-corrected chi connectivity index (χ3v) is 2.60. The molecule has 1 aromatic rings. The van der Waals surface area contributed by atoms with Crippen LogP contribution in [0.1, 0.15) is 17.3 Å². The van der Waals surface area contributed by atoms with Crippen molar-refractivity contribution in [1.29, 1.82) is 0 Å². The Labute approximate surface area is 100 Å². The number of benzene rings is 1. The average molecular weight is 239 g/mol. The molecule has 1 rings (SSSR count). The first-order chi connectivity index (χ1) is 7.97. The minimum atomic E-state index is -0.358. The van der Waals surface area contributed by atoms with Gasteiger partial charge in [-0.05, 0) is 25.1 Å². The van der Waals surface area contributed by atoms with E-state index in [9.17, 15) is 15.0 Å². The van der Waals surface area contributed by atoms with Crippen LogP contribution in [0.4, 0.5) is 0 Å². The molecular formula is C12H17NO4. The maximum atomic E-state index is 12.0. The molecule has 5 heteroatoms. The standard InChI is InChI=1S/C12H17NO4/c1-8(7-17-3)13(2)12(16)10-6-9(14)4-5-11(10)15/h4-6,8,14-15H,7H2,1-3H3. The summed E-state index contributed by atoms with van der Waals surface area (Å²) in [5, 5.41) is 18.9. The minimum absolute atomic E-state index is 0.0565. The highest BCUT2D eigenvalue weighted by Gasteiger charge is 2.20. The number of ether oxygens (including phenoxy) is 1. The van der Waals surface area contributed by atoms with Crippen LogP contribution in [-0.2, 0) is 4.74 Å². The third kappa shape index (κ3) is 3.10. The fourth-order valence-electron chi connectivity index (χ4n) is 1.44. The van der Waals surface area contributed by atoms with Gasteiger partial charge in [-0.3, -0.25) is 4.79 Å². The molecule has 0 aliphatic heterocycles. The molecule has 0 radical (unpaired) electrons. The van der Waals surface area contributed by atoms with Gasteiger partial charge >= 0.3 is 0 Å². The first-order valence-electron chi connectivity index (χ1n) is 5.25. The van der Waals surface area contributed by atoms with E-state index in [0.29, 0.717) is 6.61 Å². The zero-order valence-electron chi connectivity index (χ0n) is 10.2. The molecule has 0 aliphatic rings. The molecule has 1 aromatic carbocycles. The second-order valence-electron chi connectivity index (χ2n) is 3.92. The number of amides is 1. The highest BCUT2D eigenvalue weighted by Crippen LogP contribution is 2.23. The number of hydrogen-bond acceptors (Lipinski definition) is 4. The van der Waals surface area contributed by atoms with Crippen molar-refractivity contribution in [1.82, 2.24) is 4.90 Å². The second kappa shape index (κ2) is 5.54. The molecule has 1 atom stereocenters. The number of rotatable bonds is 4. The predicted octanol–water partition coefficient (Wildman–Crippen LogP) is 1.20. The van der Waals surface area contributed by atoms with Gasteiger partial charge in [0.25, 0.3) is 5.91 Å². The molecule has 2 N–H and O–H groups in total. The monoisotopic (exact) mass is 239 g/mol. The summed E-state index contributed by atoms with van der Waals surface area (Å²) in [6.45, 7) is 2.24. The summed E-state index contributed by atoms with van der Waals surface area (Å²) in [4.78, 5) is 13.5. The van der Waals surface area contributed by atoms with Gasteiger partial charge in [-0.25, -0.2) is 0 Å². The van der Waals surface area contributed by atoms with Crippen LogP contribution in [0, 0.1) is 0 Å². The number of methoxy groups -OCH3 is 1. The van der Waals surface area contributed by atoms with E-state index in [-0.39, 0.29) is 29.0 Å². The molecule has 1 amide bonds. The lowest BCUT2D eigenvalue weighted by Crippen LogP contribution is -2.37. The van der Waals surface area contributed by atoms with Crippen LogP contribution in [0.2, 0.25) is 0 Å². The molecule has 0 saturated carbocycles. The van der Waals surface area contributed by atoms with Crippen LogP contribution in [0.15, 0.2) is 18.2 Å². The van der Waals surface area contributed by atoms with Crippen LogP contribution in [0.25, 0.3) is 0 Å². The summed E-state index contributed by atoms with van der Waals surface area (Å²) >= 11 is 0. The number of carbonyl (C=O) groups excluding carboxylic acids is 1. The molecule has 0 spiro atoms. The Morgan fingerprint density at radius 2 is 2.12 bits per heavy atom. The summed E-state index contributed by atoms with van der Waals surface area (Å²) < 4.78 is 4.96. The Morgan fingerprint density at radius 3 is 2.71 bits per heavy atom. The van der Waals surface area contributed by atoms with Gasteiger partial charge < -0.3 is 19.8 Å². The van der Waals surface area contributed by atoms with Gasteiger partial charge in [0.15, 0.2) is 0 Å². The second-order valence-corrected chi connectivity index (χ2v) is 3.92. The van der Waals surface area contributed by atoms with Crippen molar-refractivity contribution in [3.8, 4) is 11.5 Å². The lowest BCUT2D eigenvalue weighted by molar-refractivity contribution is 0.0630. The lowest BCUT2D eigenvalue weighted by Gasteiger charge is -2.24. The van der Waals surface area contributed by atoms with Crippen molar-refractivity contribution < 1.29 is 19.7 Å². The largest absolute Gasteiger partial charge is 0.508 e. The van der Waals surface area contributed by atoms with Gasteiger partial charge in [-0.1, -0.05) is 0 Å². The number of likely N-dealkylation sites (N-methyl/N-ethyl adjacent to an activating group) is 1. The number of nitrogens with zero attached hydrogens (tertiary/aromatic N) is 1. The number of carbonyl (C=O) groups is 1. The lowest BCUT2D eigenvalue weighted by atomic mass is 10.1. The number of phenolic OH excluding ortho intramolecular Hbond substituents is 2. The van der Waals surface area contributed by atoms with Crippen molar-refractivity contribution >= 4 is 5.91 Å². The van der Waals surface area contributed by atoms with E-state index in [0.717, 1.165) is 0 Å². The zero-order valence-corrected chi connectivity index (χ0v) is 10.2. The molecule has 0 bridgehead atoms. The Hall–Kier alpha value is -1.75. The maximum absolute atomic E-state index is 12.0. The quantitative estimate of drug-likeness (QED) is 0.775. The Morgan fingerprint density at radius 1 is 1.47 bits per heavy atom. The summed E-state index contributed by atoms with van der Waals surface area (Å²) in [7, 11) is 3.18. The van der Waals surface area contributed by atoms with Gasteiger partial charge in [0.2, 0.25) is 0 Å². The summed E-state index contributed by atoms with van der Waals surface area (Å²) in [5.41, 5.74) is 0.0791. The highest BCUT2D eigenvalue weighted by molar-refractivity contribution is 5.97. The van der Waals surface area contributed by atoms with Crippen LogP contribution < -0.4 is 0 Å². The number of aromatic hydroxyl groups is 2. The molecule has 94 valence electrons. The molecule has 0 aromatic heterocycles. The summed E-state index contributed by atoms with van der Waals surface area (Å²) in [6.07, 6.45) is 0. The predicted molar refractivity (Wildman–Crippen MR) is 63.2 cm³/mol. The minimum Gasteiger partial charge on any atom is -0.508 e. The van der Waals surface area contributed by atoms with Crippen LogP contribution in [0.5, 0.6) is 11.5 Å². The molecule has 0 aliphatic carbocycles. The fourth-order valence-corrected chi connectivity index (χ4v) is 1.44. The van der Waals surface area contributed by atoms with E-state index >= 15 is 0 Å². The van der Waals surface area contributed by atoms with Crippen molar-refractivity contribution in [3.63, 3.8) is 0 Å². The first-order valence-corrected chi connectivity index (χ1v) is 5.25. The molecule has 0 heterocycles. The van der Waals surface area contributed by atoms with Crippen LogP contribution in [0.3, 0.4) is 0 Å². The van der Waals surface area contributed by atoms with Gasteiger partial charge in [0.1, 0.15) is 11.5 Å². The van der Waals surface area contributed by atoms with E-state index in [4.69, 9.17) is 4.74 Å². The maximum Gasteiger partial charge on any atom is 0.257 e. The molecule has 0 fully saturated rings. The van der Waals surface area contributed by atoms with Crippen molar-refractivity contribution in [2.24, 2.45) is 0 Å². The van der Waals surface area contributed by atoms with Crippen molar-refractivity contribution in [3.05, 3.63) is 23.8 Å². The number of hydrogen-bond donors (Lipinski definition) is 2. The SMILES string of the molecule is COCC(C)N(C)C(=O)c1cc(O)ccc1O. The van der Waals surface area contributed by atoms with E-state index in [2.05, 4.69) is 0 Å². The van der Waals surface area contributed by atoms with Gasteiger partial charge in [0, 0.05) is 14.2 Å². The van der Waals surface area contributed by atoms with E-state index in [1.54, 1.807) is 14.2 Å². The van der Waals surface area contributed by atoms with E-state index in [1.807, 2.05) is 6.92 Å². The van der Waals surface area contributed by atoms with E-state index in [1.165, 1.54) is 23.1 Å². The molecular weight excluding hydrogens is 222 g/mol. The van der Waals surface area contributed by atoms with Crippen molar-refractivity contribution in [2.45, 2.75) is 13.0 Å². The molecule has 1 unspecified atom stereocenters. The van der Waals surface area contributed by atoms with E-state index < -0.39 is 0 Å². The van der Waals surface area contributed by atoms with Crippen molar-refractivity contribution in [2.75, 3.05) is 20.8 Å². The summed E-state index contributed by atoms with van der Waals surface area (Å²) in [5.74, 6) is -0.564. The molecule has 5 nitrogen and oxygen atoms in total. The first kappa shape index (κ1) is 13.3. The van der Waals surface area contributed by atoms with Crippen LogP contribution >= 0.6 is 0 Å². The number of phenols is 2. The normalized spacial score (nSPS) is 12.2. The zero-order chi connectivity index (χ0) is 13.0. The summed E-state index contributed by atoms with van der Waals surface area (Å²) in [6, 6.07) is 3.74. The van der Waals surface area contributed by atoms with Gasteiger partial charge in [-0.2, -0.15) is 0 Å². The molecule has 0 saturated heterocycles. The third-order valence-electron chi connectivity index (χ3n) is 2.60. The smallest absolute Gasteiger partial charge is 0.257 e. The van der Waals surface area contributed by atoms with Gasteiger partial charge in [0.05, 0.1) is 18.2 Å². The fraction of sp³-hybridized carbons (Fsp3) is 0.417. The average Bonchev–Trinajstić information content (AvgIpc) is 2.30. The molecule has 17 heavy (non-hydrogen) atoms. The Kier molecular flexibility index (Phi) is 4.34. The Balaban J connectivity index is 2.92. The highest BCUT2D eigenvalue weighted by atomic mass is 16.5. The van der Waals surface area contributed by atoms with Gasteiger partial charge in [-0.15, -0.1) is 0 Å². The Bertz CT molecular complexity index is 405. The topological polar surface area (TPSA) is 70.0 Å².